The van der Waals surface area contributed by atoms with Crippen LogP contribution in [0.25, 0.3) is 0 Å². The molecule has 0 radical (unpaired) electrons. The number of hydrogen-bond donors (Lipinski definition) is 1. The maximum atomic E-state index is 13.1. The molecule has 2 aromatic rings. The molecule has 4 rings (SSSR count). The molecule has 1 saturated carbocycles. The lowest BCUT2D eigenvalue weighted by molar-refractivity contribution is -0.124. The zero-order chi connectivity index (χ0) is 23.3. The van der Waals surface area contributed by atoms with Gasteiger partial charge in [-0.15, -0.1) is 0 Å². The summed E-state index contributed by atoms with van der Waals surface area (Å²) in [6.07, 6.45) is 7.68. The molecule has 2 aromatic carbocycles. The van der Waals surface area contributed by atoms with Crippen molar-refractivity contribution in [2.24, 2.45) is 0 Å². The molecule has 1 atom stereocenters. The molecule has 178 valence electrons. The van der Waals surface area contributed by atoms with Gasteiger partial charge in [-0.2, -0.15) is 4.31 Å². The van der Waals surface area contributed by atoms with E-state index in [4.69, 9.17) is 0 Å². The fourth-order valence-corrected chi connectivity index (χ4v) is 6.80. The summed E-state index contributed by atoms with van der Waals surface area (Å²) in [6.45, 7) is 1.63. The molecule has 0 aromatic heterocycles. The summed E-state index contributed by atoms with van der Waals surface area (Å²) in [5.41, 5.74) is 2.30. The Morgan fingerprint density at radius 3 is 2.33 bits per heavy atom. The van der Waals surface area contributed by atoms with E-state index >= 15 is 0 Å². The molecule has 7 heteroatoms. The van der Waals surface area contributed by atoms with E-state index in [9.17, 15) is 13.2 Å². The maximum absolute atomic E-state index is 13.1. The number of amides is 1. The number of nitrogens with zero attached hydrogens (tertiary/aromatic N) is 2. The molecular formula is C26H35N3O3S. The Morgan fingerprint density at radius 2 is 1.61 bits per heavy atom. The summed E-state index contributed by atoms with van der Waals surface area (Å²) in [4.78, 5) is 15.7. The Hall–Kier alpha value is -2.22. The second-order valence-electron chi connectivity index (χ2n) is 9.28. The SMILES string of the molecule is CN(Cc1ccccc1CNC(=O)C1CCCN1S(=O)(=O)c1ccccc1)C1CCCCC1. The van der Waals surface area contributed by atoms with Crippen molar-refractivity contribution in [1.29, 1.82) is 0 Å². The average Bonchev–Trinajstić information content (AvgIpc) is 3.35. The van der Waals surface area contributed by atoms with Crippen molar-refractivity contribution >= 4 is 15.9 Å². The lowest BCUT2D eigenvalue weighted by Crippen LogP contribution is -2.45. The highest BCUT2D eigenvalue weighted by Gasteiger charge is 2.39. The molecule has 6 nitrogen and oxygen atoms in total. The quantitative estimate of drug-likeness (QED) is 0.636. The predicted molar refractivity (Wildman–Crippen MR) is 130 cm³/mol. The normalized spacial score (nSPS) is 20.2. The summed E-state index contributed by atoms with van der Waals surface area (Å²) in [7, 11) is -1.50. The van der Waals surface area contributed by atoms with E-state index in [0.29, 0.717) is 32.0 Å². The molecule has 1 heterocycles. The molecule has 0 spiro atoms. The van der Waals surface area contributed by atoms with Gasteiger partial charge in [-0.05, 0) is 56.0 Å². The van der Waals surface area contributed by atoms with Crippen LogP contribution in [0.4, 0.5) is 0 Å². The molecule has 1 N–H and O–H groups in total. The minimum Gasteiger partial charge on any atom is -0.351 e. The summed E-state index contributed by atoms with van der Waals surface area (Å²) >= 11 is 0. The Kier molecular flexibility index (Phi) is 7.83. The van der Waals surface area contributed by atoms with Gasteiger partial charge < -0.3 is 5.32 Å². The van der Waals surface area contributed by atoms with Crippen LogP contribution in [0, 0.1) is 0 Å². The predicted octanol–water partition coefficient (Wildman–Crippen LogP) is 3.92. The zero-order valence-electron chi connectivity index (χ0n) is 19.4. The summed E-state index contributed by atoms with van der Waals surface area (Å²) in [5.74, 6) is -0.220. The highest BCUT2D eigenvalue weighted by atomic mass is 32.2. The van der Waals surface area contributed by atoms with E-state index < -0.39 is 16.1 Å². The third-order valence-electron chi connectivity index (χ3n) is 7.05. The Bertz CT molecular complexity index is 1040. The van der Waals surface area contributed by atoms with Crippen molar-refractivity contribution in [2.45, 2.75) is 75.0 Å². The number of carbonyl (C=O) groups excluding carboxylic acids is 1. The lowest BCUT2D eigenvalue weighted by Gasteiger charge is -2.31. The van der Waals surface area contributed by atoms with E-state index in [0.717, 1.165) is 12.1 Å². The Balaban J connectivity index is 1.40. The van der Waals surface area contributed by atoms with E-state index in [1.54, 1.807) is 30.3 Å². The van der Waals surface area contributed by atoms with E-state index in [1.165, 1.54) is 42.0 Å². The smallest absolute Gasteiger partial charge is 0.243 e. The number of rotatable bonds is 8. The summed E-state index contributed by atoms with van der Waals surface area (Å²) in [6, 6.07) is 16.6. The second kappa shape index (κ2) is 10.8. The first-order valence-corrected chi connectivity index (χ1v) is 13.5. The maximum Gasteiger partial charge on any atom is 0.243 e. The van der Waals surface area contributed by atoms with Crippen LogP contribution in [0.2, 0.25) is 0 Å². The first-order chi connectivity index (χ1) is 16.0. The van der Waals surface area contributed by atoms with Crippen LogP contribution in [-0.2, 0) is 27.9 Å². The largest absolute Gasteiger partial charge is 0.351 e. The van der Waals surface area contributed by atoms with Gasteiger partial charge in [-0.1, -0.05) is 61.7 Å². The van der Waals surface area contributed by atoms with Gasteiger partial charge in [0.05, 0.1) is 4.90 Å². The topological polar surface area (TPSA) is 69.7 Å². The fourth-order valence-electron chi connectivity index (χ4n) is 5.12. The van der Waals surface area contributed by atoms with Gasteiger partial charge in [0.1, 0.15) is 6.04 Å². The lowest BCUT2D eigenvalue weighted by atomic mass is 9.94. The van der Waals surface area contributed by atoms with Crippen molar-refractivity contribution in [2.75, 3.05) is 13.6 Å². The molecule has 0 bridgehead atoms. The summed E-state index contributed by atoms with van der Waals surface area (Å²) < 4.78 is 27.5. The van der Waals surface area contributed by atoms with Crippen LogP contribution in [-0.4, -0.2) is 49.2 Å². The summed E-state index contributed by atoms with van der Waals surface area (Å²) in [5, 5.41) is 3.02. The van der Waals surface area contributed by atoms with Crippen LogP contribution >= 0.6 is 0 Å². The molecule has 2 fully saturated rings. The van der Waals surface area contributed by atoms with Crippen LogP contribution in [0.3, 0.4) is 0 Å². The Morgan fingerprint density at radius 1 is 0.939 bits per heavy atom. The number of benzene rings is 2. The molecule has 2 aliphatic rings. The second-order valence-corrected chi connectivity index (χ2v) is 11.2. The molecule has 1 aliphatic heterocycles. The highest BCUT2D eigenvalue weighted by molar-refractivity contribution is 7.89. The van der Waals surface area contributed by atoms with Crippen molar-refractivity contribution in [3.05, 3.63) is 65.7 Å². The highest BCUT2D eigenvalue weighted by Crippen LogP contribution is 2.27. The standard InChI is InChI=1S/C26H35N3O3S/c1-28(23-13-4-2-5-14-23)20-22-12-9-8-11-21(22)19-27-26(30)25-17-10-18-29(25)33(31,32)24-15-6-3-7-16-24/h3,6-9,11-12,15-16,23,25H,2,4-5,10,13-14,17-20H2,1H3,(H,27,30). The average molecular weight is 470 g/mol. The molecule has 1 saturated heterocycles. The number of hydrogen-bond acceptors (Lipinski definition) is 4. The van der Waals surface area contributed by atoms with Crippen LogP contribution in [0.15, 0.2) is 59.5 Å². The van der Waals surface area contributed by atoms with Crippen molar-refractivity contribution in [3.8, 4) is 0 Å². The van der Waals surface area contributed by atoms with E-state index in [2.05, 4.69) is 29.4 Å². The first kappa shape index (κ1) is 23.9. The van der Waals surface area contributed by atoms with Gasteiger partial charge in [-0.3, -0.25) is 9.69 Å². The van der Waals surface area contributed by atoms with E-state index in [1.807, 2.05) is 12.1 Å². The van der Waals surface area contributed by atoms with Crippen LogP contribution in [0.1, 0.15) is 56.1 Å². The minimum absolute atomic E-state index is 0.220. The molecule has 1 aliphatic carbocycles. The molecule has 33 heavy (non-hydrogen) atoms. The molecular weight excluding hydrogens is 434 g/mol. The van der Waals surface area contributed by atoms with Gasteiger partial charge in [0.25, 0.3) is 0 Å². The Labute approximate surface area is 198 Å². The molecule has 1 amide bonds. The minimum atomic E-state index is -3.69. The number of carbonyl (C=O) groups is 1. The number of nitrogens with one attached hydrogen (secondary N) is 1. The first-order valence-electron chi connectivity index (χ1n) is 12.1. The van der Waals surface area contributed by atoms with Gasteiger partial charge in [-0.25, -0.2) is 8.42 Å². The van der Waals surface area contributed by atoms with Gasteiger partial charge in [0, 0.05) is 25.7 Å². The third-order valence-corrected chi connectivity index (χ3v) is 8.97. The van der Waals surface area contributed by atoms with Gasteiger partial charge in [0.2, 0.25) is 15.9 Å². The number of sulfonamides is 1. The van der Waals surface area contributed by atoms with Crippen molar-refractivity contribution < 1.29 is 13.2 Å². The molecule has 1 unspecified atom stereocenters. The third kappa shape index (κ3) is 5.65. The fraction of sp³-hybridized carbons (Fsp3) is 0.500. The van der Waals surface area contributed by atoms with E-state index in [-0.39, 0.29) is 10.8 Å². The zero-order valence-corrected chi connectivity index (χ0v) is 20.3. The van der Waals surface area contributed by atoms with Crippen molar-refractivity contribution in [1.82, 2.24) is 14.5 Å². The van der Waals surface area contributed by atoms with Crippen molar-refractivity contribution in [3.63, 3.8) is 0 Å². The van der Waals surface area contributed by atoms with Gasteiger partial charge >= 0.3 is 0 Å². The van der Waals surface area contributed by atoms with Crippen LogP contribution < -0.4 is 5.32 Å². The van der Waals surface area contributed by atoms with Gasteiger partial charge in [0.15, 0.2) is 0 Å². The van der Waals surface area contributed by atoms with Crippen LogP contribution in [0.5, 0.6) is 0 Å². The monoisotopic (exact) mass is 469 g/mol.